The number of nitrogens with zero attached hydrogens (tertiary/aromatic N) is 5. The van der Waals surface area contributed by atoms with E-state index >= 15 is 0 Å². The lowest BCUT2D eigenvalue weighted by atomic mass is 9.89. The van der Waals surface area contributed by atoms with Crippen molar-refractivity contribution < 1.29 is 14.6 Å². The number of nitrogens with one attached hydrogen (secondary N) is 2. The van der Waals surface area contributed by atoms with Crippen molar-refractivity contribution >= 4 is 22.9 Å². The zero-order valence-corrected chi connectivity index (χ0v) is 19.5. The fourth-order valence-corrected chi connectivity index (χ4v) is 3.93. The highest BCUT2D eigenvalue weighted by Gasteiger charge is 2.28. The third kappa shape index (κ3) is 5.05. The molecule has 1 aliphatic heterocycles. The predicted molar refractivity (Wildman–Crippen MR) is 125 cm³/mol. The van der Waals surface area contributed by atoms with Gasteiger partial charge in [-0.2, -0.15) is 15.0 Å². The van der Waals surface area contributed by atoms with Crippen molar-refractivity contribution in [3.8, 4) is 6.01 Å². The van der Waals surface area contributed by atoms with E-state index in [1.807, 2.05) is 13.0 Å². The molecule has 3 aromatic rings. The number of rotatable bonds is 7. The molecular formula is C23H31N7O3. The summed E-state index contributed by atoms with van der Waals surface area (Å²) in [6.45, 7) is 8.70. The maximum absolute atomic E-state index is 12.8. The second kappa shape index (κ2) is 9.30. The van der Waals surface area contributed by atoms with E-state index in [2.05, 4.69) is 47.4 Å². The van der Waals surface area contributed by atoms with Crippen LogP contribution in [0.2, 0.25) is 0 Å². The average molecular weight is 454 g/mol. The summed E-state index contributed by atoms with van der Waals surface area (Å²) in [5.41, 5.74) is 1.11. The van der Waals surface area contributed by atoms with Crippen LogP contribution in [0.15, 0.2) is 24.5 Å². The molecule has 33 heavy (non-hydrogen) atoms. The van der Waals surface area contributed by atoms with Crippen LogP contribution >= 0.6 is 0 Å². The number of aromatic amines is 1. The highest BCUT2D eigenvalue weighted by Crippen LogP contribution is 2.33. The van der Waals surface area contributed by atoms with E-state index in [1.54, 1.807) is 27.0 Å². The van der Waals surface area contributed by atoms with Gasteiger partial charge in [0, 0.05) is 30.9 Å². The summed E-state index contributed by atoms with van der Waals surface area (Å²) in [7, 11) is 0. The van der Waals surface area contributed by atoms with Crippen LogP contribution in [0.25, 0.3) is 11.0 Å². The second-order valence-corrected chi connectivity index (χ2v) is 8.93. The van der Waals surface area contributed by atoms with E-state index in [9.17, 15) is 9.90 Å². The Bertz CT molecular complexity index is 1120. The number of pyridine rings is 1. The molecule has 3 aromatic heterocycles. The van der Waals surface area contributed by atoms with E-state index in [-0.39, 0.29) is 11.8 Å². The number of hydrogen-bond donors (Lipinski definition) is 3. The lowest BCUT2D eigenvalue weighted by Gasteiger charge is -2.32. The first-order valence-corrected chi connectivity index (χ1v) is 11.3. The molecule has 1 aliphatic rings. The van der Waals surface area contributed by atoms with E-state index in [0.29, 0.717) is 18.5 Å². The molecule has 1 amide bonds. The molecule has 10 heteroatoms. The van der Waals surface area contributed by atoms with Gasteiger partial charge in [0.15, 0.2) is 0 Å². The molecule has 0 saturated carbocycles. The molecule has 0 unspecified atom stereocenters. The molecule has 4 heterocycles. The molecule has 10 nitrogen and oxygen atoms in total. The van der Waals surface area contributed by atoms with Crippen molar-refractivity contribution in [2.45, 2.75) is 58.1 Å². The Hall–Kier alpha value is -3.27. The number of piperidine rings is 1. The van der Waals surface area contributed by atoms with Gasteiger partial charge in [0.1, 0.15) is 5.65 Å². The summed E-state index contributed by atoms with van der Waals surface area (Å²) in [5.74, 6) is 0.330. The summed E-state index contributed by atoms with van der Waals surface area (Å²) < 4.78 is 5.50. The fourth-order valence-electron chi connectivity index (χ4n) is 3.93. The van der Waals surface area contributed by atoms with E-state index in [4.69, 9.17) is 4.74 Å². The summed E-state index contributed by atoms with van der Waals surface area (Å²) in [6.07, 6.45) is 5.70. The molecule has 0 bridgehead atoms. The van der Waals surface area contributed by atoms with Gasteiger partial charge < -0.3 is 25.0 Å². The Labute approximate surface area is 192 Å². The molecule has 4 rings (SSSR count). The van der Waals surface area contributed by atoms with Crippen molar-refractivity contribution in [3.63, 3.8) is 0 Å². The smallest absolute Gasteiger partial charge is 0.321 e. The quantitative estimate of drug-likeness (QED) is 0.497. The minimum Gasteiger partial charge on any atom is -0.464 e. The number of hydrogen-bond acceptors (Lipinski definition) is 8. The first-order chi connectivity index (χ1) is 15.8. The van der Waals surface area contributed by atoms with Crippen LogP contribution in [-0.4, -0.2) is 67.3 Å². The Morgan fingerprint density at radius 2 is 2.09 bits per heavy atom. The van der Waals surface area contributed by atoms with Crippen LogP contribution in [-0.2, 0) is 0 Å². The minimum absolute atomic E-state index is 0.0237. The van der Waals surface area contributed by atoms with Crippen LogP contribution in [0, 0.1) is 0 Å². The monoisotopic (exact) mass is 453 g/mol. The molecule has 0 radical (unpaired) electrons. The Balaban J connectivity index is 1.51. The molecule has 0 spiro atoms. The molecule has 0 aliphatic carbocycles. The van der Waals surface area contributed by atoms with Crippen molar-refractivity contribution in [2.75, 3.05) is 24.6 Å². The number of amides is 1. The highest BCUT2D eigenvalue weighted by atomic mass is 16.5. The number of fused-ring (bicyclic) bond motifs is 1. The van der Waals surface area contributed by atoms with E-state index in [0.717, 1.165) is 37.0 Å². The van der Waals surface area contributed by atoms with Gasteiger partial charge in [-0.15, -0.1) is 0 Å². The number of ether oxygens (including phenoxy) is 1. The Morgan fingerprint density at radius 1 is 1.33 bits per heavy atom. The van der Waals surface area contributed by atoms with Crippen LogP contribution in [0.5, 0.6) is 6.01 Å². The van der Waals surface area contributed by atoms with Gasteiger partial charge in [0.05, 0.1) is 18.2 Å². The molecule has 1 saturated heterocycles. The topological polar surface area (TPSA) is 129 Å². The maximum atomic E-state index is 12.8. The number of aromatic nitrogens is 5. The highest BCUT2D eigenvalue weighted by molar-refractivity contribution is 5.91. The van der Waals surface area contributed by atoms with E-state index in [1.165, 1.54) is 5.56 Å². The first-order valence-electron chi connectivity index (χ1n) is 11.3. The third-order valence-corrected chi connectivity index (χ3v) is 6.19. The van der Waals surface area contributed by atoms with Crippen molar-refractivity contribution in [2.24, 2.45) is 0 Å². The zero-order chi connectivity index (χ0) is 23.6. The van der Waals surface area contributed by atoms with Gasteiger partial charge in [-0.05, 0) is 64.2 Å². The zero-order valence-electron chi connectivity index (χ0n) is 19.5. The Kier molecular flexibility index (Phi) is 6.46. The normalized spacial score (nSPS) is 16.1. The van der Waals surface area contributed by atoms with Crippen molar-refractivity contribution in [3.05, 3.63) is 35.9 Å². The predicted octanol–water partition coefficient (Wildman–Crippen LogP) is 2.42. The van der Waals surface area contributed by atoms with Gasteiger partial charge >= 0.3 is 6.01 Å². The summed E-state index contributed by atoms with van der Waals surface area (Å²) in [5, 5.41) is 14.1. The van der Waals surface area contributed by atoms with Gasteiger partial charge in [0.25, 0.3) is 5.91 Å². The number of anilines is 1. The molecule has 3 N–H and O–H groups in total. The van der Waals surface area contributed by atoms with Crippen LogP contribution in [0.4, 0.5) is 5.95 Å². The van der Waals surface area contributed by atoms with Gasteiger partial charge in [-0.3, -0.25) is 4.79 Å². The van der Waals surface area contributed by atoms with Crippen molar-refractivity contribution in [1.29, 1.82) is 0 Å². The number of H-pyrrole nitrogens is 1. The molecule has 1 atom stereocenters. The minimum atomic E-state index is -1.08. The first kappa shape index (κ1) is 22.9. The number of aliphatic hydroxyl groups is 1. The standard InChI is InChI=1S/C23H31N7O3/c1-5-33-22-28-19(20(31)26-14(2)23(3,4)32)27-21(29-22)30-11-8-15(9-12-30)17-13-25-18-16(17)7-6-10-24-18/h6-7,10,13-15,32H,5,8-9,11-12H2,1-4H3,(H,24,25)(H,26,31)/t14-/m1/s1. The van der Waals surface area contributed by atoms with Crippen LogP contribution in [0.3, 0.4) is 0 Å². The number of carbonyl (C=O) groups is 1. The van der Waals surface area contributed by atoms with Crippen LogP contribution < -0.4 is 15.0 Å². The molecule has 176 valence electrons. The molecule has 0 aromatic carbocycles. The van der Waals surface area contributed by atoms with Crippen LogP contribution in [0.1, 0.15) is 62.6 Å². The SMILES string of the molecule is CCOc1nc(C(=O)N[C@H](C)C(C)(C)O)nc(N2CCC(c3c[nH]c4ncccc34)CC2)n1. The van der Waals surface area contributed by atoms with Gasteiger partial charge in [-0.1, -0.05) is 0 Å². The van der Waals surface area contributed by atoms with Gasteiger partial charge in [-0.25, -0.2) is 4.98 Å². The largest absolute Gasteiger partial charge is 0.464 e. The fraction of sp³-hybridized carbons (Fsp3) is 0.522. The van der Waals surface area contributed by atoms with Crippen molar-refractivity contribution in [1.82, 2.24) is 30.2 Å². The Morgan fingerprint density at radius 3 is 2.79 bits per heavy atom. The summed E-state index contributed by atoms with van der Waals surface area (Å²) in [6, 6.07) is 3.69. The summed E-state index contributed by atoms with van der Waals surface area (Å²) in [4.78, 5) is 35.5. The maximum Gasteiger partial charge on any atom is 0.321 e. The lowest BCUT2D eigenvalue weighted by molar-refractivity contribution is 0.0405. The number of carbonyl (C=O) groups excluding carboxylic acids is 1. The third-order valence-electron chi connectivity index (χ3n) is 6.19. The lowest BCUT2D eigenvalue weighted by Crippen LogP contribution is -2.47. The molecular weight excluding hydrogens is 422 g/mol. The van der Waals surface area contributed by atoms with E-state index < -0.39 is 17.6 Å². The molecule has 1 fully saturated rings. The second-order valence-electron chi connectivity index (χ2n) is 8.93. The van der Waals surface area contributed by atoms with Gasteiger partial charge in [0.2, 0.25) is 11.8 Å². The summed E-state index contributed by atoms with van der Waals surface area (Å²) >= 11 is 0. The average Bonchev–Trinajstić information content (AvgIpc) is 3.23.